The zero-order valence-electron chi connectivity index (χ0n) is 14.1. The van der Waals surface area contributed by atoms with Crippen LogP contribution < -0.4 is 5.76 Å². The Morgan fingerprint density at radius 2 is 1.78 bits per heavy atom. The summed E-state index contributed by atoms with van der Waals surface area (Å²) in [7, 11) is 0. The number of rotatable bonds is 9. The van der Waals surface area contributed by atoms with Crippen LogP contribution in [0.15, 0.2) is 33.5 Å². The number of benzene rings is 1. The number of oxazole rings is 1. The molecule has 1 aromatic heterocycles. The first kappa shape index (κ1) is 17.3. The number of unbranched alkanes of at least 4 members (excludes halogenated alkanes) is 2. The number of fused-ring (bicyclic) bond motifs is 1. The summed E-state index contributed by atoms with van der Waals surface area (Å²) >= 11 is 0. The zero-order chi connectivity index (χ0) is 16.7. The molecule has 0 aliphatic rings. The SMILES string of the molecule is CCCCN(CCCC)C(=O)CCn1c(=O)oc2ccccc21. The molecule has 2 aromatic rings. The van der Waals surface area contributed by atoms with E-state index in [0.717, 1.165) is 44.3 Å². The minimum absolute atomic E-state index is 0.115. The normalized spacial score (nSPS) is 11.0. The summed E-state index contributed by atoms with van der Waals surface area (Å²) in [6.07, 6.45) is 4.51. The third-order valence-corrected chi connectivity index (χ3v) is 4.04. The van der Waals surface area contributed by atoms with Crippen LogP contribution in [0, 0.1) is 0 Å². The first-order valence-corrected chi connectivity index (χ1v) is 8.53. The molecule has 1 amide bonds. The smallest absolute Gasteiger partial charge is 0.408 e. The molecule has 0 fully saturated rings. The molecule has 1 heterocycles. The number of aryl methyl sites for hydroxylation is 1. The number of nitrogens with zero attached hydrogens (tertiary/aromatic N) is 2. The highest BCUT2D eigenvalue weighted by Gasteiger charge is 2.15. The standard InChI is InChI=1S/C18H26N2O3/c1-3-5-12-19(13-6-4-2)17(21)11-14-20-15-9-7-8-10-16(15)23-18(20)22/h7-10H,3-6,11-14H2,1-2H3. The minimum Gasteiger partial charge on any atom is -0.408 e. The van der Waals surface area contributed by atoms with E-state index in [9.17, 15) is 9.59 Å². The molecule has 0 aliphatic carbocycles. The molecular formula is C18H26N2O3. The van der Waals surface area contributed by atoms with Gasteiger partial charge in [-0.3, -0.25) is 9.36 Å². The third kappa shape index (κ3) is 4.47. The summed E-state index contributed by atoms with van der Waals surface area (Å²) in [5.41, 5.74) is 1.32. The minimum atomic E-state index is -0.396. The zero-order valence-corrected chi connectivity index (χ0v) is 14.1. The molecule has 0 N–H and O–H groups in total. The number of hydrogen-bond acceptors (Lipinski definition) is 3. The van der Waals surface area contributed by atoms with E-state index in [4.69, 9.17) is 4.42 Å². The van der Waals surface area contributed by atoms with E-state index in [2.05, 4.69) is 13.8 Å². The van der Waals surface area contributed by atoms with Crippen molar-refractivity contribution in [2.75, 3.05) is 13.1 Å². The summed E-state index contributed by atoms with van der Waals surface area (Å²) in [6, 6.07) is 7.31. The van der Waals surface area contributed by atoms with Crippen molar-refractivity contribution in [3.05, 3.63) is 34.8 Å². The topological polar surface area (TPSA) is 55.5 Å². The molecule has 1 aromatic carbocycles. The van der Waals surface area contributed by atoms with Gasteiger partial charge >= 0.3 is 5.76 Å². The van der Waals surface area contributed by atoms with Crippen molar-refractivity contribution < 1.29 is 9.21 Å². The van der Waals surface area contributed by atoms with E-state index in [1.165, 1.54) is 0 Å². The fourth-order valence-corrected chi connectivity index (χ4v) is 2.65. The monoisotopic (exact) mass is 318 g/mol. The number of para-hydroxylation sites is 2. The average Bonchev–Trinajstić information content (AvgIpc) is 2.88. The summed E-state index contributed by atoms with van der Waals surface area (Å²) in [6.45, 7) is 6.22. The van der Waals surface area contributed by atoms with Crippen molar-refractivity contribution in [1.29, 1.82) is 0 Å². The molecular weight excluding hydrogens is 292 g/mol. The van der Waals surface area contributed by atoms with Gasteiger partial charge in [0.25, 0.3) is 0 Å². The fraction of sp³-hybridized carbons (Fsp3) is 0.556. The second-order valence-corrected chi connectivity index (χ2v) is 5.83. The molecule has 0 atom stereocenters. The fourth-order valence-electron chi connectivity index (χ4n) is 2.65. The van der Waals surface area contributed by atoms with Crippen molar-refractivity contribution in [1.82, 2.24) is 9.47 Å². The average molecular weight is 318 g/mol. The molecule has 23 heavy (non-hydrogen) atoms. The van der Waals surface area contributed by atoms with Crippen LogP contribution >= 0.6 is 0 Å². The van der Waals surface area contributed by atoms with Crippen LogP contribution in [0.3, 0.4) is 0 Å². The molecule has 0 saturated carbocycles. The van der Waals surface area contributed by atoms with E-state index in [0.29, 0.717) is 18.5 Å². The van der Waals surface area contributed by atoms with Gasteiger partial charge in [-0.15, -0.1) is 0 Å². The summed E-state index contributed by atoms with van der Waals surface area (Å²) in [5.74, 6) is -0.281. The highest BCUT2D eigenvalue weighted by Crippen LogP contribution is 2.12. The van der Waals surface area contributed by atoms with Crippen LogP contribution in [0.1, 0.15) is 46.0 Å². The number of carbonyl (C=O) groups excluding carboxylic acids is 1. The van der Waals surface area contributed by atoms with Gasteiger partial charge in [0.15, 0.2) is 5.58 Å². The van der Waals surface area contributed by atoms with Gasteiger partial charge in [0.05, 0.1) is 5.52 Å². The first-order valence-electron chi connectivity index (χ1n) is 8.53. The lowest BCUT2D eigenvalue weighted by Crippen LogP contribution is -2.34. The third-order valence-electron chi connectivity index (χ3n) is 4.04. The Balaban J connectivity index is 2.03. The first-order chi connectivity index (χ1) is 11.2. The molecule has 0 bridgehead atoms. The summed E-state index contributed by atoms with van der Waals surface area (Å²) in [5, 5.41) is 0. The molecule has 5 nitrogen and oxygen atoms in total. The molecule has 0 saturated heterocycles. The Kier molecular flexibility index (Phi) is 6.44. The quantitative estimate of drug-likeness (QED) is 0.712. The highest BCUT2D eigenvalue weighted by atomic mass is 16.4. The van der Waals surface area contributed by atoms with Crippen molar-refractivity contribution >= 4 is 17.0 Å². The van der Waals surface area contributed by atoms with E-state index in [1.54, 1.807) is 10.6 Å². The predicted octanol–water partition coefficient (Wildman–Crippen LogP) is 3.41. The number of hydrogen-bond donors (Lipinski definition) is 0. The van der Waals surface area contributed by atoms with E-state index in [-0.39, 0.29) is 5.91 Å². The van der Waals surface area contributed by atoms with Gasteiger partial charge in [0.1, 0.15) is 0 Å². The molecule has 126 valence electrons. The number of carbonyl (C=O) groups is 1. The van der Waals surface area contributed by atoms with E-state index < -0.39 is 5.76 Å². The molecule has 0 unspecified atom stereocenters. The van der Waals surface area contributed by atoms with Gasteiger partial charge in [0.2, 0.25) is 5.91 Å². The summed E-state index contributed by atoms with van der Waals surface area (Å²) in [4.78, 5) is 26.3. The van der Waals surface area contributed by atoms with Crippen molar-refractivity contribution in [2.45, 2.75) is 52.5 Å². The van der Waals surface area contributed by atoms with E-state index in [1.807, 2.05) is 23.1 Å². The van der Waals surface area contributed by atoms with E-state index >= 15 is 0 Å². The highest BCUT2D eigenvalue weighted by molar-refractivity contribution is 5.77. The maximum absolute atomic E-state index is 12.5. The Bertz CT molecular complexity index is 679. The van der Waals surface area contributed by atoms with Gasteiger partial charge in [0, 0.05) is 26.1 Å². The maximum Gasteiger partial charge on any atom is 0.419 e. The van der Waals surface area contributed by atoms with Gasteiger partial charge in [-0.25, -0.2) is 4.79 Å². The molecule has 0 radical (unpaired) electrons. The van der Waals surface area contributed by atoms with Crippen LogP contribution in [0.25, 0.3) is 11.1 Å². The lowest BCUT2D eigenvalue weighted by atomic mass is 10.2. The molecule has 0 spiro atoms. The Morgan fingerprint density at radius 3 is 2.43 bits per heavy atom. The largest absolute Gasteiger partial charge is 0.419 e. The maximum atomic E-state index is 12.5. The number of amides is 1. The predicted molar refractivity (Wildman–Crippen MR) is 91.5 cm³/mol. The van der Waals surface area contributed by atoms with Gasteiger partial charge < -0.3 is 9.32 Å². The van der Waals surface area contributed by atoms with Crippen LogP contribution in [0.2, 0.25) is 0 Å². The molecule has 2 rings (SSSR count). The lowest BCUT2D eigenvalue weighted by molar-refractivity contribution is -0.131. The molecule has 5 heteroatoms. The summed E-state index contributed by atoms with van der Waals surface area (Å²) < 4.78 is 6.75. The van der Waals surface area contributed by atoms with Crippen molar-refractivity contribution in [3.63, 3.8) is 0 Å². The molecule has 0 aliphatic heterocycles. The Morgan fingerprint density at radius 1 is 1.13 bits per heavy atom. The van der Waals surface area contributed by atoms with Gasteiger partial charge in [-0.05, 0) is 25.0 Å². The van der Waals surface area contributed by atoms with Crippen LogP contribution in [-0.4, -0.2) is 28.5 Å². The van der Waals surface area contributed by atoms with Crippen molar-refractivity contribution in [3.8, 4) is 0 Å². The Labute approximate surface area is 136 Å². The van der Waals surface area contributed by atoms with Crippen LogP contribution in [0.5, 0.6) is 0 Å². The Hall–Kier alpha value is -2.04. The van der Waals surface area contributed by atoms with Gasteiger partial charge in [-0.2, -0.15) is 0 Å². The van der Waals surface area contributed by atoms with Gasteiger partial charge in [-0.1, -0.05) is 38.8 Å². The van der Waals surface area contributed by atoms with Crippen LogP contribution in [-0.2, 0) is 11.3 Å². The van der Waals surface area contributed by atoms with Crippen LogP contribution in [0.4, 0.5) is 0 Å². The lowest BCUT2D eigenvalue weighted by Gasteiger charge is -2.22. The van der Waals surface area contributed by atoms with Crippen molar-refractivity contribution in [2.24, 2.45) is 0 Å². The second-order valence-electron chi connectivity index (χ2n) is 5.83. The second kappa shape index (κ2) is 8.56. The number of aromatic nitrogens is 1.